The van der Waals surface area contributed by atoms with Crippen LogP contribution in [-0.2, 0) is 10.0 Å². The summed E-state index contributed by atoms with van der Waals surface area (Å²) in [6.45, 7) is 4.29. The van der Waals surface area contributed by atoms with Gasteiger partial charge in [-0.15, -0.1) is 0 Å². The average molecular weight is 442 g/mol. The van der Waals surface area contributed by atoms with Crippen molar-refractivity contribution in [1.82, 2.24) is 19.3 Å². The van der Waals surface area contributed by atoms with E-state index in [4.69, 9.17) is 0 Å². The third-order valence-corrected chi connectivity index (χ3v) is 7.39. The molecule has 1 saturated heterocycles. The van der Waals surface area contributed by atoms with Gasteiger partial charge in [-0.05, 0) is 62.6 Å². The number of halogens is 1. The second kappa shape index (κ2) is 8.68. The molecular formula is C22H24FN5O2S. The molecule has 1 N–H and O–H groups in total. The molecule has 9 heteroatoms. The molecule has 1 aromatic carbocycles. The zero-order valence-electron chi connectivity index (χ0n) is 17.4. The molecule has 7 nitrogen and oxygen atoms in total. The van der Waals surface area contributed by atoms with Gasteiger partial charge in [0.25, 0.3) is 0 Å². The highest BCUT2D eigenvalue weighted by atomic mass is 32.2. The highest BCUT2D eigenvalue weighted by Gasteiger charge is 2.32. The van der Waals surface area contributed by atoms with Gasteiger partial charge in [0.1, 0.15) is 11.6 Å². The number of sulfonamides is 1. The number of nitrogens with one attached hydrogen (secondary N) is 1. The van der Waals surface area contributed by atoms with E-state index >= 15 is 0 Å². The molecule has 0 aliphatic carbocycles. The second-order valence-electron chi connectivity index (χ2n) is 7.75. The van der Waals surface area contributed by atoms with Crippen LogP contribution in [0.5, 0.6) is 0 Å². The lowest BCUT2D eigenvalue weighted by Crippen LogP contribution is -2.39. The minimum Gasteiger partial charge on any atom is -0.339 e. The molecule has 3 heterocycles. The monoisotopic (exact) mass is 441 g/mol. The van der Waals surface area contributed by atoms with Gasteiger partial charge in [0.05, 0.1) is 11.1 Å². The third kappa shape index (κ3) is 4.72. The summed E-state index contributed by atoms with van der Waals surface area (Å²) in [5.74, 6) is 0.144. The number of piperidine rings is 1. The van der Waals surface area contributed by atoms with Crippen LogP contribution in [0.2, 0.25) is 0 Å². The normalized spacial score (nSPS) is 17.5. The summed E-state index contributed by atoms with van der Waals surface area (Å²) in [6.07, 6.45) is 6.42. The van der Waals surface area contributed by atoms with Crippen molar-refractivity contribution in [2.75, 3.05) is 18.4 Å². The fourth-order valence-electron chi connectivity index (χ4n) is 3.93. The molecule has 162 valence electrons. The molecule has 0 bridgehead atoms. The van der Waals surface area contributed by atoms with Crippen molar-refractivity contribution in [3.63, 3.8) is 0 Å². The number of aromatic nitrogens is 3. The summed E-state index contributed by atoms with van der Waals surface area (Å²) in [7, 11) is -3.71. The van der Waals surface area contributed by atoms with Crippen molar-refractivity contribution in [3.05, 3.63) is 71.7 Å². The Labute approximate surface area is 181 Å². The first kappa shape index (κ1) is 21.3. The van der Waals surface area contributed by atoms with Gasteiger partial charge in [0.15, 0.2) is 0 Å². The predicted octanol–water partition coefficient (Wildman–Crippen LogP) is 3.94. The molecule has 1 atom stereocenters. The summed E-state index contributed by atoms with van der Waals surface area (Å²) in [5, 5.41) is 3.22. The number of benzene rings is 1. The zero-order valence-corrected chi connectivity index (χ0v) is 18.2. The van der Waals surface area contributed by atoms with Crippen LogP contribution in [0.25, 0.3) is 0 Å². The van der Waals surface area contributed by atoms with Gasteiger partial charge in [0, 0.05) is 48.5 Å². The maximum absolute atomic E-state index is 13.5. The van der Waals surface area contributed by atoms with E-state index < -0.39 is 15.8 Å². The molecule has 3 aromatic rings. The number of anilines is 2. The first-order valence-electron chi connectivity index (χ1n) is 10.1. The Bertz CT molecular complexity index is 1190. The van der Waals surface area contributed by atoms with Crippen molar-refractivity contribution >= 4 is 21.5 Å². The number of hydrogen-bond acceptors (Lipinski definition) is 6. The van der Waals surface area contributed by atoms with E-state index in [1.54, 1.807) is 25.5 Å². The Kier molecular flexibility index (Phi) is 5.97. The van der Waals surface area contributed by atoms with E-state index in [9.17, 15) is 12.8 Å². The summed E-state index contributed by atoms with van der Waals surface area (Å²) in [6, 6.07) is 7.63. The molecule has 0 unspecified atom stereocenters. The van der Waals surface area contributed by atoms with Crippen LogP contribution in [-0.4, -0.2) is 40.8 Å². The van der Waals surface area contributed by atoms with Gasteiger partial charge < -0.3 is 5.32 Å². The van der Waals surface area contributed by atoms with Crippen LogP contribution < -0.4 is 5.32 Å². The molecule has 31 heavy (non-hydrogen) atoms. The zero-order chi connectivity index (χ0) is 22.0. The van der Waals surface area contributed by atoms with Gasteiger partial charge in [0.2, 0.25) is 10.0 Å². The first-order valence-corrected chi connectivity index (χ1v) is 11.5. The lowest BCUT2D eigenvalue weighted by atomic mass is 9.95. The molecule has 0 radical (unpaired) electrons. The molecule has 0 saturated carbocycles. The van der Waals surface area contributed by atoms with E-state index in [1.165, 1.54) is 22.5 Å². The second-order valence-corrected chi connectivity index (χ2v) is 9.66. The quantitative estimate of drug-likeness (QED) is 0.645. The molecule has 2 aromatic heterocycles. The average Bonchev–Trinajstić information content (AvgIpc) is 2.74. The third-order valence-electron chi connectivity index (χ3n) is 5.37. The molecular weight excluding hydrogens is 417 g/mol. The van der Waals surface area contributed by atoms with E-state index in [1.807, 2.05) is 19.1 Å². The Morgan fingerprint density at radius 2 is 2.00 bits per heavy atom. The minimum absolute atomic E-state index is 0.0356. The topological polar surface area (TPSA) is 88.1 Å². The van der Waals surface area contributed by atoms with Gasteiger partial charge >= 0.3 is 0 Å². The van der Waals surface area contributed by atoms with Crippen LogP contribution in [0, 0.1) is 19.7 Å². The largest absolute Gasteiger partial charge is 0.339 e. The van der Waals surface area contributed by atoms with Crippen molar-refractivity contribution in [2.24, 2.45) is 0 Å². The lowest BCUT2D eigenvalue weighted by Gasteiger charge is -2.32. The number of rotatable bonds is 5. The van der Waals surface area contributed by atoms with Gasteiger partial charge in [-0.2, -0.15) is 4.31 Å². The van der Waals surface area contributed by atoms with Crippen molar-refractivity contribution < 1.29 is 12.8 Å². The molecule has 1 aliphatic rings. The number of hydrogen-bond donors (Lipinski definition) is 1. The van der Waals surface area contributed by atoms with Crippen LogP contribution in [0.3, 0.4) is 0 Å². The summed E-state index contributed by atoms with van der Waals surface area (Å²) < 4.78 is 41.4. The van der Waals surface area contributed by atoms with Crippen LogP contribution >= 0.6 is 0 Å². The van der Waals surface area contributed by atoms with E-state index in [0.717, 1.165) is 29.9 Å². The standard InChI is InChI=1S/C22H24FN5O2S/c1-15-10-18(23)5-6-21(15)31(29,30)28-9-3-4-17(14-28)20-12-19(11-16(2)26-20)27-22-13-24-7-8-25-22/h5-8,10-13,17H,3-4,9,14H2,1-2H3,(H,25,26,27)/t17-/m1/s1. The lowest BCUT2D eigenvalue weighted by molar-refractivity contribution is 0.312. The highest BCUT2D eigenvalue weighted by molar-refractivity contribution is 7.89. The van der Waals surface area contributed by atoms with Gasteiger partial charge in [-0.25, -0.2) is 17.8 Å². The summed E-state index contributed by atoms with van der Waals surface area (Å²) in [4.78, 5) is 13.1. The number of nitrogens with zero attached hydrogens (tertiary/aromatic N) is 4. The number of aryl methyl sites for hydroxylation is 2. The molecule has 0 spiro atoms. The fourth-order valence-corrected chi connectivity index (χ4v) is 5.66. The summed E-state index contributed by atoms with van der Waals surface area (Å²) >= 11 is 0. The van der Waals surface area contributed by atoms with Crippen molar-refractivity contribution in [2.45, 2.75) is 37.5 Å². The SMILES string of the molecule is Cc1cc(Nc2cnccn2)cc([C@@H]2CCCN(S(=O)(=O)c3ccc(F)cc3C)C2)n1. The first-order chi connectivity index (χ1) is 14.8. The van der Waals surface area contributed by atoms with Gasteiger partial charge in [-0.1, -0.05) is 0 Å². The Morgan fingerprint density at radius 3 is 2.74 bits per heavy atom. The maximum Gasteiger partial charge on any atom is 0.243 e. The molecule has 1 aliphatic heterocycles. The maximum atomic E-state index is 13.5. The van der Waals surface area contributed by atoms with Crippen LogP contribution in [0.4, 0.5) is 15.9 Å². The van der Waals surface area contributed by atoms with Gasteiger partial charge in [-0.3, -0.25) is 9.97 Å². The van der Waals surface area contributed by atoms with E-state index in [2.05, 4.69) is 20.3 Å². The van der Waals surface area contributed by atoms with E-state index in [0.29, 0.717) is 24.5 Å². The summed E-state index contributed by atoms with van der Waals surface area (Å²) in [5.41, 5.74) is 2.91. The fraction of sp³-hybridized carbons (Fsp3) is 0.318. The van der Waals surface area contributed by atoms with Crippen LogP contribution in [0.15, 0.2) is 53.8 Å². The molecule has 1 fully saturated rings. The smallest absolute Gasteiger partial charge is 0.243 e. The number of pyridine rings is 1. The predicted molar refractivity (Wildman–Crippen MR) is 116 cm³/mol. The minimum atomic E-state index is -3.71. The molecule has 0 amide bonds. The Morgan fingerprint density at radius 1 is 1.16 bits per heavy atom. The van der Waals surface area contributed by atoms with Crippen molar-refractivity contribution in [1.29, 1.82) is 0 Å². The Balaban J connectivity index is 1.58. The highest BCUT2D eigenvalue weighted by Crippen LogP contribution is 2.32. The van der Waals surface area contributed by atoms with Crippen LogP contribution in [0.1, 0.15) is 35.7 Å². The van der Waals surface area contributed by atoms with E-state index in [-0.39, 0.29) is 10.8 Å². The molecule has 4 rings (SSSR count). The van der Waals surface area contributed by atoms with Crippen molar-refractivity contribution in [3.8, 4) is 0 Å². The Hall–Kier alpha value is -2.91.